The standard InChI is InChI=1S/C21H27NO6/c1-3-27-20(21(25)22-26-2)12-15-7-9-18(10-8-15)28-14-19(24)17-6-4-5-16(11-17)13-23/h4-11,19-20,23-24H,3,12-14H2,1-2H3,(H,22,25)/t19-,20+/m0/s1. The van der Waals surface area contributed by atoms with Gasteiger partial charge in [0.05, 0.1) is 13.7 Å². The van der Waals surface area contributed by atoms with Crippen molar-refractivity contribution in [2.24, 2.45) is 0 Å². The van der Waals surface area contributed by atoms with E-state index in [-0.39, 0.29) is 19.1 Å². The van der Waals surface area contributed by atoms with Crippen LogP contribution in [0.1, 0.15) is 29.7 Å². The lowest BCUT2D eigenvalue weighted by atomic mass is 10.1. The van der Waals surface area contributed by atoms with E-state index in [1.165, 1.54) is 7.11 Å². The minimum atomic E-state index is -0.800. The number of aliphatic hydroxyl groups is 2. The van der Waals surface area contributed by atoms with E-state index in [0.717, 1.165) is 11.1 Å². The summed E-state index contributed by atoms with van der Waals surface area (Å²) in [7, 11) is 1.38. The van der Waals surface area contributed by atoms with E-state index in [2.05, 4.69) is 10.3 Å². The Morgan fingerprint density at radius 3 is 2.54 bits per heavy atom. The molecule has 0 aromatic heterocycles. The lowest BCUT2D eigenvalue weighted by molar-refractivity contribution is -0.143. The van der Waals surface area contributed by atoms with E-state index in [1.807, 2.05) is 19.1 Å². The first-order chi connectivity index (χ1) is 13.6. The summed E-state index contributed by atoms with van der Waals surface area (Å²) < 4.78 is 11.1. The summed E-state index contributed by atoms with van der Waals surface area (Å²) in [5.74, 6) is 0.272. The Kier molecular flexibility index (Phi) is 8.90. The van der Waals surface area contributed by atoms with E-state index in [4.69, 9.17) is 9.47 Å². The molecule has 0 unspecified atom stereocenters. The lowest BCUT2D eigenvalue weighted by Gasteiger charge is -2.16. The van der Waals surface area contributed by atoms with Crippen LogP contribution < -0.4 is 10.2 Å². The smallest absolute Gasteiger partial charge is 0.272 e. The third-order valence-electron chi connectivity index (χ3n) is 4.13. The number of hydroxylamine groups is 1. The van der Waals surface area contributed by atoms with E-state index >= 15 is 0 Å². The van der Waals surface area contributed by atoms with E-state index in [1.54, 1.807) is 36.4 Å². The fraction of sp³-hybridized carbons (Fsp3) is 0.381. The molecule has 0 aliphatic heterocycles. The Morgan fingerprint density at radius 1 is 1.14 bits per heavy atom. The topological polar surface area (TPSA) is 97.3 Å². The van der Waals surface area contributed by atoms with Crippen molar-refractivity contribution in [3.63, 3.8) is 0 Å². The number of hydrogen-bond acceptors (Lipinski definition) is 6. The monoisotopic (exact) mass is 389 g/mol. The largest absolute Gasteiger partial charge is 0.491 e. The Balaban J connectivity index is 1.91. The van der Waals surface area contributed by atoms with E-state index < -0.39 is 12.2 Å². The maximum Gasteiger partial charge on any atom is 0.272 e. The Hall–Kier alpha value is -2.45. The molecular formula is C21H27NO6. The highest BCUT2D eigenvalue weighted by atomic mass is 16.6. The molecule has 0 radical (unpaired) electrons. The number of nitrogens with one attached hydrogen (secondary N) is 1. The fourth-order valence-electron chi connectivity index (χ4n) is 2.70. The van der Waals surface area contributed by atoms with E-state index in [9.17, 15) is 15.0 Å². The van der Waals surface area contributed by atoms with Gasteiger partial charge in [-0.3, -0.25) is 9.63 Å². The predicted molar refractivity (Wildman–Crippen MR) is 104 cm³/mol. The SMILES string of the molecule is CCO[C@H](Cc1ccc(OC[C@H](O)c2cccc(CO)c2)cc1)C(=O)NOC. The van der Waals surface area contributed by atoms with Crippen molar-refractivity contribution in [3.8, 4) is 5.75 Å². The molecule has 0 heterocycles. The van der Waals surface area contributed by atoms with Crippen LogP contribution in [0.5, 0.6) is 5.75 Å². The normalized spacial score (nSPS) is 13.0. The first-order valence-corrected chi connectivity index (χ1v) is 9.11. The maximum absolute atomic E-state index is 11.9. The fourth-order valence-corrected chi connectivity index (χ4v) is 2.70. The van der Waals surface area contributed by atoms with Crippen LogP contribution >= 0.6 is 0 Å². The number of benzene rings is 2. The van der Waals surface area contributed by atoms with Crippen LogP contribution in [-0.2, 0) is 27.4 Å². The molecule has 2 aromatic rings. The number of hydrogen-bond donors (Lipinski definition) is 3. The van der Waals surface area contributed by atoms with Crippen LogP contribution in [0.3, 0.4) is 0 Å². The Morgan fingerprint density at radius 2 is 1.89 bits per heavy atom. The summed E-state index contributed by atoms with van der Waals surface area (Å²) in [6.45, 7) is 2.25. The van der Waals surface area contributed by atoms with Gasteiger partial charge in [-0.25, -0.2) is 5.48 Å². The number of carbonyl (C=O) groups is 1. The van der Waals surface area contributed by atoms with Crippen LogP contribution in [0, 0.1) is 0 Å². The summed E-state index contributed by atoms with van der Waals surface area (Å²) >= 11 is 0. The Bertz CT molecular complexity index is 734. The van der Waals surface area contributed by atoms with Gasteiger partial charge in [0.15, 0.2) is 0 Å². The van der Waals surface area contributed by atoms with Crippen LogP contribution in [0.4, 0.5) is 0 Å². The molecule has 0 saturated carbocycles. The van der Waals surface area contributed by atoms with Crippen molar-refractivity contribution in [3.05, 3.63) is 65.2 Å². The minimum absolute atomic E-state index is 0.0754. The first kappa shape index (κ1) is 21.8. The highest BCUT2D eigenvalue weighted by Crippen LogP contribution is 2.19. The molecule has 3 N–H and O–H groups in total. The zero-order valence-electron chi connectivity index (χ0n) is 16.1. The van der Waals surface area contributed by atoms with Crippen molar-refractivity contribution >= 4 is 5.91 Å². The van der Waals surface area contributed by atoms with Gasteiger partial charge in [-0.05, 0) is 35.7 Å². The number of amides is 1. The molecular weight excluding hydrogens is 362 g/mol. The van der Waals surface area contributed by atoms with Gasteiger partial charge in [0, 0.05) is 13.0 Å². The van der Waals surface area contributed by atoms with Gasteiger partial charge in [0.25, 0.3) is 5.91 Å². The summed E-state index contributed by atoms with van der Waals surface area (Å²) in [6.07, 6.45) is -1.04. The van der Waals surface area contributed by atoms with Crippen molar-refractivity contribution in [2.45, 2.75) is 32.2 Å². The molecule has 0 bridgehead atoms. The van der Waals surface area contributed by atoms with Gasteiger partial charge in [-0.15, -0.1) is 0 Å². The van der Waals surface area contributed by atoms with E-state index in [0.29, 0.717) is 24.3 Å². The second-order valence-corrected chi connectivity index (χ2v) is 6.19. The molecule has 2 rings (SSSR count). The minimum Gasteiger partial charge on any atom is -0.491 e. The lowest BCUT2D eigenvalue weighted by Crippen LogP contribution is -2.37. The van der Waals surface area contributed by atoms with Gasteiger partial charge in [-0.2, -0.15) is 0 Å². The molecule has 7 heteroatoms. The summed E-state index contributed by atoms with van der Waals surface area (Å²) in [5.41, 5.74) is 4.62. The second kappa shape index (κ2) is 11.4. The molecule has 2 aromatic carbocycles. The van der Waals surface area contributed by atoms with Crippen LogP contribution in [0.15, 0.2) is 48.5 Å². The third-order valence-corrected chi connectivity index (χ3v) is 4.13. The quantitative estimate of drug-likeness (QED) is 0.508. The maximum atomic E-state index is 11.9. The van der Waals surface area contributed by atoms with Gasteiger partial charge < -0.3 is 19.7 Å². The van der Waals surface area contributed by atoms with Gasteiger partial charge >= 0.3 is 0 Å². The van der Waals surface area contributed by atoms with Crippen molar-refractivity contribution < 1.29 is 29.3 Å². The van der Waals surface area contributed by atoms with Crippen molar-refractivity contribution in [1.29, 1.82) is 0 Å². The molecule has 2 atom stereocenters. The summed E-state index contributed by atoms with van der Waals surface area (Å²) in [5, 5.41) is 19.5. The van der Waals surface area contributed by atoms with Gasteiger partial charge in [0.2, 0.25) is 0 Å². The predicted octanol–water partition coefficient (Wildman–Crippen LogP) is 1.92. The highest BCUT2D eigenvalue weighted by Gasteiger charge is 2.19. The zero-order chi connectivity index (χ0) is 20.4. The number of ether oxygens (including phenoxy) is 2. The summed E-state index contributed by atoms with van der Waals surface area (Å²) in [6, 6.07) is 14.4. The van der Waals surface area contributed by atoms with Gasteiger partial charge in [0.1, 0.15) is 24.6 Å². The number of carbonyl (C=O) groups excluding carboxylic acids is 1. The first-order valence-electron chi connectivity index (χ1n) is 9.11. The van der Waals surface area contributed by atoms with Crippen LogP contribution in [0.25, 0.3) is 0 Å². The number of rotatable bonds is 11. The molecule has 0 aliphatic carbocycles. The molecule has 0 aliphatic rings. The average Bonchev–Trinajstić information content (AvgIpc) is 2.72. The second-order valence-electron chi connectivity index (χ2n) is 6.19. The van der Waals surface area contributed by atoms with Crippen LogP contribution in [0.2, 0.25) is 0 Å². The molecule has 0 saturated heterocycles. The van der Waals surface area contributed by atoms with Crippen LogP contribution in [-0.4, -0.2) is 42.5 Å². The molecule has 1 amide bonds. The molecule has 28 heavy (non-hydrogen) atoms. The van der Waals surface area contributed by atoms with Crippen molar-refractivity contribution in [1.82, 2.24) is 5.48 Å². The Labute approximate surface area is 164 Å². The molecule has 152 valence electrons. The molecule has 7 nitrogen and oxygen atoms in total. The summed E-state index contributed by atoms with van der Waals surface area (Å²) in [4.78, 5) is 16.6. The molecule has 0 fully saturated rings. The van der Waals surface area contributed by atoms with Crippen molar-refractivity contribution in [2.75, 3.05) is 20.3 Å². The zero-order valence-corrected chi connectivity index (χ0v) is 16.1. The molecule has 0 spiro atoms. The van der Waals surface area contributed by atoms with Gasteiger partial charge in [-0.1, -0.05) is 36.4 Å². The highest BCUT2D eigenvalue weighted by molar-refractivity contribution is 5.80. The number of aliphatic hydroxyl groups excluding tert-OH is 2. The average molecular weight is 389 g/mol. The third kappa shape index (κ3) is 6.61.